The van der Waals surface area contributed by atoms with Crippen molar-refractivity contribution < 1.29 is 0 Å². The van der Waals surface area contributed by atoms with Crippen molar-refractivity contribution in [2.75, 3.05) is 0 Å². The molecule has 1 saturated carbocycles. The first-order valence-electron chi connectivity index (χ1n) is 6.83. The lowest BCUT2D eigenvalue weighted by Gasteiger charge is -2.20. The van der Waals surface area contributed by atoms with Crippen LogP contribution in [0.25, 0.3) is 10.2 Å². The van der Waals surface area contributed by atoms with Gasteiger partial charge in [0.05, 0.1) is 15.2 Å². The molecule has 2 atom stereocenters. The monoisotopic (exact) mass is 260 g/mol. The van der Waals surface area contributed by atoms with Crippen LogP contribution in [0, 0.1) is 5.92 Å². The number of hydrogen-bond donors (Lipinski definition) is 1. The number of nitrogens with zero attached hydrogens (tertiary/aromatic N) is 1. The third-order valence-corrected chi connectivity index (χ3v) is 4.82. The topological polar surface area (TPSA) is 24.9 Å². The van der Waals surface area contributed by atoms with E-state index in [1.807, 2.05) is 11.3 Å². The van der Waals surface area contributed by atoms with E-state index in [-0.39, 0.29) is 0 Å². The second-order valence-electron chi connectivity index (χ2n) is 5.49. The van der Waals surface area contributed by atoms with Crippen LogP contribution in [0.3, 0.4) is 0 Å². The SMILES string of the molecule is CC(Cc1nc2ccccc2s1)C(C)NC1CC1. The molecule has 1 heterocycles. The molecule has 0 saturated heterocycles. The molecule has 18 heavy (non-hydrogen) atoms. The quantitative estimate of drug-likeness (QED) is 0.888. The number of thiazole rings is 1. The van der Waals surface area contributed by atoms with Crippen LogP contribution < -0.4 is 5.32 Å². The summed E-state index contributed by atoms with van der Waals surface area (Å²) in [4.78, 5) is 4.72. The average Bonchev–Trinajstić information content (AvgIpc) is 3.07. The minimum Gasteiger partial charge on any atom is -0.311 e. The van der Waals surface area contributed by atoms with Crippen LogP contribution >= 0.6 is 11.3 Å². The molecule has 0 aliphatic heterocycles. The van der Waals surface area contributed by atoms with Crippen LogP contribution in [0.2, 0.25) is 0 Å². The minimum atomic E-state index is 0.588. The molecular weight excluding hydrogens is 240 g/mol. The maximum absolute atomic E-state index is 4.72. The summed E-state index contributed by atoms with van der Waals surface area (Å²) in [5.74, 6) is 0.645. The molecule has 0 amide bonds. The number of nitrogens with one attached hydrogen (secondary N) is 1. The summed E-state index contributed by atoms with van der Waals surface area (Å²) in [6.07, 6.45) is 3.80. The number of para-hydroxylation sites is 1. The highest BCUT2D eigenvalue weighted by molar-refractivity contribution is 7.18. The standard InChI is InChI=1S/C15H20N2S/c1-10(11(2)16-12-7-8-12)9-15-17-13-5-3-4-6-14(13)18-15/h3-6,10-12,16H,7-9H2,1-2H3. The Kier molecular flexibility index (Phi) is 3.35. The molecule has 1 fully saturated rings. The summed E-state index contributed by atoms with van der Waals surface area (Å²) < 4.78 is 1.31. The van der Waals surface area contributed by atoms with Crippen molar-refractivity contribution in [1.29, 1.82) is 0 Å². The highest BCUT2D eigenvalue weighted by atomic mass is 32.1. The van der Waals surface area contributed by atoms with Gasteiger partial charge in [0.1, 0.15) is 0 Å². The first kappa shape index (κ1) is 12.1. The van der Waals surface area contributed by atoms with Crippen molar-refractivity contribution in [2.24, 2.45) is 5.92 Å². The summed E-state index contributed by atoms with van der Waals surface area (Å²) >= 11 is 1.84. The van der Waals surface area contributed by atoms with Crippen molar-refractivity contribution in [3.05, 3.63) is 29.3 Å². The fourth-order valence-electron chi connectivity index (χ4n) is 2.25. The number of rotatable bonds is 5. The van der Waals surface area contributed by atoms with E-state index in [2.05, 4.69) is 43.4 Å². The molecule has 96 valence electrons. The van der Waals surface area contributed by atoms with Gasteiger partial charge in [0.25, 0.3) is 0 Å². The van der Waals surface area contributed by atoms with E-state index in [4.69, 9.17) is 4.98 Å². The summed E-state index contributed by atoms with van der Waals surface area (Å²) in [7, 11) is 0. The Labute approximate surface area is 112 Å². The Morgan fingerprint density at radius 3 is 2.83 bits per heavy atom. The Hall–Kier alpha value is -0.930. The highest BCUT2D eigenvalue weighted by Gasteiger charge is 2.25. The van der Waals surface area contributed by atoms with E-state index in [1.165, 1.54) is 22.5 Å². The fraction of sp³-hybridized carbons (Fsp3) is 0.533. The Morgan fingerprint density at radius 2 is 2.11 bits per heavy atom. The van der Waals surface area contributed by atoms with E-state index in [0.29, 0.717) is 12.0 Å². The van der Waals surface area contributed by atoms with Gasteiger partial charge in [-0.3, -0.25) is 0 Å². The van der Waals surface area contributed by atoms with Crippen LogP contribution in [-0.2, 0) is 6.42 Å². The van der Waals surface area contributed by atoms with Gasteiger partial charge in [0.15, 0.2) is 0 Å². The normalized spacial score (nSPS) is 19.0. The molecule has 0 spiro atoms. The highest BCUT2D eigenvalue weighted by Crippen LogP contribution is 2.26. The van der Waals surface area contributed by atoms with E-state index in [0.717, 1.165) is 18.0 Å². The number of aromatic nitrogens is 1. The van der Waals surface area contributed by atoms with Crippen LogP contribution in [0.1, 0.15) is 31.7 Å². The third kappa shape index (κ3) is 2.73. The first-order valence-corrected chi connectivity index (χ1v) is 7.64. The van der Waals surface area contributed by atoms with Crippen LogP contribution in [0.4, 0.5) is 0 Å². The van der Waals surface area contributed by atoms with Gasteiger partial charge in [-0.25, -0.2) is 4.98 Å². The molecule has 0 radical (unpaired) electrons. The Morgan fingerprint density at radius 1 is 1.33 bits per heavy atom. The van der Waals surface area contributed by atoms with Gasteiger partial charge in [-0.05, 0) is 37.8 Å². The molecule has 3 heteroatoms. The lowest BCUT2D eigenvalue weighted by atomic mass is 10.0. The first-order chi connectivity index (χ1) is 8.72. The molecule has 1 N–H and O–H groups in total. The van der Waals surface area contributed by atoms with E-state index >= 15 is 0 Å². The van der Waals surface area contributed by atoms with Crippen LogP contribution in [0.15, 0.2) is 24.3 Å². The molecular formula is C15H20N2S. The van der Waals surface area contributed by atoms with Crippen molar-refractivity contribution in [3.8, 4) is 0 Å². The molecule has 1 aromatic heterocycles. The largest absolute Gasteiger partial charge is 0.311 e. The predicted octanol–water partition coefficient (Wildman–Crippen LogP) is 3.62. The molecule has 2 nitrogen and oxygen atoms in total. The lowest BCUT2D eigenvalue weighted by molar-refractivity contribution is 0.395. The minimum absolute atomic E-state index is 0.588. The van der Waals surface area contributed by atoms with E-state index < -0.39 is 0 Å². The zero-order valence-corrected chi connectivity index (χ0v) is 11.8. The van der Waals surface area contributed by atoms with E-state index in [1.54, 1.807) is 0 Å². The van der Waals surface area contributed by atoms with Gasteiger partial charge in [0, 0.05) is 18.5 Å². The van der Waals surface area contributed by atoms with Gasteiger partial charge in [-0.15, -0.1) is 11.3 Å². The zero-order valence-electron chi connectivity index (χ0n) is 11.0. The summed E-state index contributed by atoms with van der Waals surface area (Å²) in [6.45, 7) is 4.63. The number of benzene rings is 1. The van der Waals surface area contributed by atoms with Crippen LogP contribution in [0.5, 0.6) is 0 Å². The smallest absolute Gasteiger partial charge is 0.0941 e. The molecule has 1 aromatic carbocycles. The van der Waals surface area contributed by atoms with E-state index in [9.17, 15) is 0 Å². The van der Waals surface area contributed by atoms with Gasteiger partial charge in [0.2, 0.25) is 0 Å². The van der Waals surface area contributed by atoms with Gasteiger partial charge < -0.3 is 5.32 Å². The molecule has 3 rings (SSSR count). The predicted molar refractivity (Wildman–Crippen MR) is 78.1 cm³/mol. The van der Waals surface area contributed by atoms with Crippen molar-refractivity contribution in [3.63, 3.8) is 0 Å². The average molecular weight is 260 g/mol. The maximum Gasteiger partial charge on any atom is 0.0941 e. The Bertz CT molecular complexity index is 497. The molecule has 0 bridgehead atoms. The van der Waals surface area contributed by atoms with Crippen molar-refractivity contribution >= 4 is 21.6 Å². The summed E-state index contributed by atoms with van der Waals surface area (Å²) in [5.41, 5.74) is 1.15. The van der Waals surface area contributed by atoms with Gasteiger partial charge in [-0.2, -0.15) is 0 Å². The third-order valence-electron chi connectivity index (χ3n) is 3.76. The molecule has 2 aromatic rings. The molecule has 1 aliphatic rings. The van der Waals surface area contributed by atoms with Gasteiger partial charge in [-0.1, -0.05) is 19.1 Å². The molecule has 1 aliphatic carbocycles. The van der Waals surface area contributed by atoms with Crippen LogP contribution in [-0.4, -0.2) is 17.1 Å². The van der Waals surface area contributed by atoms with Gasteiger partial charge >= 0.3 is 0 Å². The summed E-state index contributed by atoms with van der Waals surface area (Å²) in [5, 5.41) is 4.96. The number of hydrogen-bond acceptors (Lipinski definition) is 3. The maximum atomic E-state index is 4.72. The zero-order chi connectivity index (χ0) is 12.5. The van der Waals surface area contributed by atoms with Crippen molar-refractivity contribution in [2.45, 2.75) is 45.2 Å². The molecule has 2 unspecified atom stereocenters. The lowest BCUT2D eigenvalue weighted by Crippen LogP contribution is -2.34. The second-order valence-corrected chi connectivity index (χ2v) is 6.60. The summed E-state index contributed by atoms with van der Waals surface area (Å²) in [6, 6.07) is 9.79. The second kappa shape index (κ2) is 4.98. The fourth-order valence-corrected chi connectivity index (χ4v) is 3.35. The Balaban J connectivity index is 1.66. The van der Waals surface area contributed by atoms with Crippen molar-refractivity contribution in [1.82, 2.24) is 10.3 Å². The number of fused-ring (bicyclic) bond motifs is 1.